The third-order valence-electron chi connectivity index (χ3n) is 12.6. The summed E-state index contributed by atoms with van der Waals surface area (Å²) in [6.07, 6.45) is 0. The van der Waals surface area contributed by atoms with Gasteiger partial charge in [-0.15, -0.1) is 0 Å². The minimum atomic E-state index is -0.679. The molecule has 0 aliphatic heterocycles. The fourth-order valence-electron chi connectivity index (χ4n) is 10.0. The molecule has 9 aromatic carbocycles. The Hall–Kier alpha value is -7.22. The predicted molar refractivity (Wildman–Crippen MR) is 247 cm³/mol. The predicted octanol–water partition coefficient (Wildman–Crippen LogP) is 15.2. The Morgan fingerprint density at radius 1 is 0.373 bits per heavy atom. The Balaban J connectivity index is 1.17. The lowest BCUT2D eigenvalue weighted by Gasteiger charge is -2.34. The molecular weight excluding hydrogens is 711 g/mol. The van der Waals surface area contributed by atoms with Crippen LogP contribution in [-0.4, -0.2) is 0 Å². The highest BCUT2D eigenvalue weighted by atomic mass is 15.1. The first-order chi connectivity index (χ1) is 30.7. The average Bonchev–Trinajstić information content (AvgIpc) is 3.76. The molecule has 0 fully saturated rings. The fourth-order valence-corrected chi connectivity index (χ4v) is 10.0. The third kappa shape index (κ3) is 5.31. The molecule has 0 saturated heterocycles. The van der Waals surface area contributed by atoms with Crippen LogP contribution in [-0.2, 0) is 10.8 Å². The molecule has 0 amide bonds. The molecule has 0 radical (unpaired) electrons. The van der Waals surface area contributed by atoms with Crippen molar-refractivity contribution >= 4 is 17.1 Å². The van der Waals surface area contributed by atoms with Gasteiger partial charge in [0.25, 0.3) is 0 Å². The molecule has 2 aliphatic rings. The zero-order chi connectivity index (χ0) is 43.0. The molecule has 0 unspecified atom stereocenters. The van der Waals surface area contributed by atoms with Gasteiger partial charge in [0.1, 0.15) is 0 Å². The van der Waals surface area contributed by atoms with Gasteiger partial charge < -0.3 is 4.90 Å². The number of para-hydroxylation sites is 1. The molecule has 11 rings (SSSR count). The van der Waals surface area contributed by atoms with Gasteiger partial charge in [0.15, 0.2) is 0 Å². The molecule has 1 heteroatoms. The second-order valence-electron chi connectivity index (χ2n) is 16.1. The molecule has 0 spiro atoms. The van der Waals surface area contributed by atoms with Crippen molar-refractivity contribution < 1.29 is 5.48 Å². The van der Waals surface area contributed by atoms with Crippen LogP contribution in [0.15, 0.2) is 224 Å². The maximum absolute atomic E-state index is 10.0. The first-order valence-corrected chi connectivity index (χ1v) is 20.4. The number of rotatable bonds is 7. The van der Waals surface area contributed by atoms with E-state index in [-0.39, 0.29) is 40.8 Å². The smallest absolute Gasteiger partial charge is 0.0713 e. The molecule has 59 heavy (non-hydrogen) atoms. The molecule has 0 aromatic heterocycles. The molecule has 0 atom stereocenters. The quantitative estimate of drug-likeness (QED) is 0.156. The Bertz CT molecular complexity index is 3180. The van der Waals surface area contributed by atoms with E-state index >= 15 is 0 Å². The highest BCUT2D eigenvalue weighted by molar-refractivity contribution is 5.96. The van der Waals surface area contributed by atoms with Crippen molar-refractivity contribution in [1.82, 2.24) is 0 Å². The monoisotopic (exact) mass is 757 g/mol. The van der Waals surface area contributed by atoms with E-state index in [2.05, 4.69) is 147 Å². The van der Waals surface area contributed by atoms with Crippen molar-refractivity contribution in [3.8, 4) is 44.5 Å². The molecule has 0 bridgehead atoms. The van der Waals surface area contributed by atoms with Crippen LogP contribution >= 0.6 is 0 Å². The largest absolute Gasteiger partial charge is 0.310 e. The van der Waals surface area contributed by atoms with Crippen LogP contribution in [0.1, 0.15) is 52.7 Å². The number of benzene rings is 9. The van der Waals surface area contributed by atoms with Gasteiger partial charge in [-0.3, -0.25) is 0 Å². The van der Waals surface area contributed by atoms with E-state index in [9.17, 15) is 5.48 Å². The summed E-state index contributed by atoms with van der Waals surface area (Å²) >= 11 is 0. The number of hydrogen-bond donors (Lipinski definition) is 0. The van der Waals surface area contributed by atoms with Gasteiger partial charge in [-0.05, 0) is 103 Å². The van der Waals surface area contributed by atoms with Gasteiger partial charge in [0.2, 0.25) is 0 Å². The molecule has 0 saturated carbocycles. The molecule has 0 N–H and O–H groups in total. The summed E-state index contributed by atoms with van der Waals surface area (Å²) in [5, 5.41) is 0. The summed E-state index contributed by atoms with van der Waals surface area (Å²) in [5.74, 6) is 0. The molecule has 0 heterocycles. The summed E-state index contributed by atoms with van der Waals surface area (Å²) in [6.45, 7) is 4.49. The van der Waals surface area contributed by atoms with Crippen molar-refractivity contribution in [1.29, 1.82) is 0 Å². The van der Waals surface area contributed by atoms with E-state index in [1.165, 1.54) is 11.1 Å². The van der Waals surface area contributed by atoms with Crippen molar-refractivity contribution in [2.45, 2.75) is 24.7 Å². The molecular formula is C58H43N. The van der Waals surface area contributed by atoms with Crippen molar-refractivity contribution in [2.24, 2.45) is 0 Å². The van der Waals surface area contributed by atoms with E-state index in [0.717, 1.165) is 67.0 Å². The first kappa shape index (κ1) is 30.9. The molecule has 9 aromatic rings. The Labute approximate surface area is 353 Å². The Kier molecular flexibility index (Phi) is 7.17. The highest BCUT2D eigenvalue weighted by Gasteiger charge is 2.46. The van der Waals surface area contributed by atoms with E-state index in [1.807, 2.05) is 71.6 Å². The second kappa shape index (κ2) is 13.7. The van der Waals surface area contributed by atoms with Gasteiger partial charge in [0.05, 0.1) is 16.6 Å². The van der Waals surface area contributed by atoms with Crippen LogP contribution in [0, 0.1) is 0 Å². The number of fused-ring (bicyclic) bond motifs is 6. The number of nitrogens with zero attached hydrogens (tertiary/aromatic N) is 1. The van der Waals surface area contributed by atoms with Crippen LogP contribution < -0.4 is 4.90 Å². The summed E-state index contributed by atoms with van der Waals surface area (Å²) in [6, 6.07) is 68.4. The van der Waals surface area contributed by atoms with Crippen LogP contribution in [0.2, 0.25) is 0 Å². The average molecular weight is 758 g/mol. The van der Waals surface area contributed by atoms with Gasteiger partial charge in [-0.25, -0.2) is 0 Å². The molecule has 2 aliphatic carbocycles. The lowest BCUT2D eigenvalue weighted by Crippen LogP contribution is -2.28. The number of anilines is 3. The van der Waals surface area contributed by atoms with E-state index in [0.29, 0.717) is 5.56 Å². The van der Waals surface area contributed by atoms with Gasteiger partial charge >= 0.3 is 0 Å². The minimum absolute atomic E-state index is 0.0927. The van der Waals surface area contributed by atoms with Gasteiger partial charge in [-0.2, -0.15) is 0 Å². The Morgan fingerprint density at radius 2 is 0.898 bits per heavy atom. The number of hydrogen-bond acceptors (Lipinski definition) is 1. The van der Waals surface area contributed by atoms with E-state index in [4.69, 9.17) is 0 Å². The topological polar surface area (TPSA) is 3.24 Å². The minimum Gasteiger partial charge on any atom is -0.310 e. The van der Waals surface area contributed by atoms with Crippen LogP contribution in [0.3, 0.4) is 0 Å². The van der Waals surface area contributed by atoms with Crippen LogP contribution in [0.5, 0.6) is 0 Å². The molecule has 280 valence electrons. The van der Waals surface area contributed by atoms with E-state index < -0.39 is 5.41 Å². The maximum Gasteiger partial charge on any atom is 0.0713 e. The normalized spacial score (nSPS) is 14.8. The highest BCUT2D eigenvalue weighted by Crippen LogP contribution is 2.58. The van der Waals surface area contributed by atoms with Crippen molar-refractivity contribution in [3.05, 3.63) is 258 Å². The Morgan fingerprint density at radius 3 is 1.59 bits per heavy atom. The summed E-state index contributed by atoms with van der Waals surface area (Å²) < 4.78 is 40.0. The van der Waals surface area contributed by atoms with Crippen LogP contribution in [0.25, 0.3) is 44.5 Å². The SMILES string of the molecule is [2H]c1c([2H])c(N(c2ccc3c(c2)C(C)(C)c2ccccc2-3)c2ccccc2-c2ccccc2)c([2H])c([2H])c1-c1cccc2c1-c1ccccc1C2(c1ccccc1)c1ccccc1. The summed E-state index contributed by atoms with van der Waals surface area (Å²) in [4.78, 5) is 1.95. The lowest BCUT2D eigenvalue weighted by molar-refractivity contribution is 0.660. The standard InChI is InChI=1S/C58H43N/c1-57(2)51-29-15-12-26-48(51)49-38-37-45(39-54(49)57)59(55-32-17-14-25-46(55)40-19-6-3-7-20-40)44-35-33-41(34-36-44)47-28-18-31-53-56(47)50-27-13-16-30-52(50)58(53,42-21-8-4-9-22-42)43-23-10-5-11-24-43/h3-39H,1-2H3/i33D,34D,35D,36D. The fraction of sp³-hybridized carbons (Fsp3) is 0.0690. The van der Waals surface area contributed by atoms with Crippen molar-refractivity contribution in [2.75, 3.05) is 4.90 Å². The second-order valence-corrected chi connectivity index (χ2v) is 16.1. The third-order valence-corrected chi connectivity index (χ3v) is 12.6. The van der Waals surface area contributed by atoms with Gasteiger partial charge in [0, 0.05) is 22.4 Å². The zero-order valence-electron chi connectivity index (χ0n) is 37.0. The lowest BCUT2D eigenvalue weighted by atomic mass is 9.67. The van der Waals surface area contributed by atoms with Gasteiger partial charge in [-0.1, -0.05) is 208 Å². The summed E-state index contributed by atoms with van der Waals surface area (Å²) in [7, 11) is 0. The van der Waals surface area contributed by atoms with Crippen molar-refractivity contribution in [3.63, 3.8) is 0 Å². The summed E-state index contributed by atoms with van der Waals surface area (Å²) in [5.41, 5.74) is 14.7. The van der Waals surface area contributed by atoms with Crippen LogP contribution in [0.4, 0.5) is 17.1 Å². The zero-order valence-corrected chi connectivity index (χ0v) is 33.0. The first-order valence-electron chi connectivity index (χ1n) is 22.4. The molecule has 1 nitrogen and oxygen atoms in total. The van der Waals surface area contributed by atoms with E-state index in [1.54, 1.807) is 0 Å². The maximum atomic E-state index is 10.0.